The Morgan fingerprint density at radius 1 is 1.42 bits per heavy atom. The van der Waals surface area contributed by atoms with Gasteiger partial charge in [-0.3, -0.25) is 0 Å². The Morgan fingerprint density at radius 3 is 2.89 bits per heavy atom. The van der Waals surface area contributed by atoms with Crippen molar-refractivity contribution >= 4 is 0 Å². The van der Waals surface area contributed by atoms with E-state index in [2.05, 4.69) is 16.5 Å². The molecule has 4 heteroatoms. The Balaban J connectivity index is 2.13. The lowest BCUT2D eigenvalue weighted by molar-refractivity contribution is 0.593. The highest BCUT2D eigenvalue weighted by molar-refractivity contribution is 5.26. The minimum atomic E-state index is -0.191. The molecule has 2 rings (SSSR count). The van der Waals surface area contributed by atoms with Crippen molar-refractivity contribution < 1.29 is 4.39 Å². The Hall–Kier alpha value is -1.68. The first-order valence-corrected chi connectivity index (χ1v) is 6.63. The molecule has 0 bridgehead atoms. The molecule has 1 heterocycles. The van der Waals surface area contributed by atoms with E-state index >= 15 is 0 Å². The summed E-state index contributed by atoms with van der Waals surface area (Å²) < 4.78 is 15.4. The zero-order valence-electron chi connectivity index (χ0n) is 11.4. The normalized spacial score (nSPS) is 12.6. The highest BCUT2D eigenvalue weighted by Gasteiger charge is 2.12. The van der Waals surface area contributed by atoms with E-state index in [0.29, 0.717) is 12.0 Å². The van der Waals surface area contributed by atoms with Gasteiger partial charge in [0.2, 0.25) is 0 Å². The van der Waals surface area contributed by atoms with Crippen LogP contribution in [0.2, 0.25) is 0 Å². The molecule has 0 fully saturated rings. The van der Waals surface area contributed by atoms with Crippen LogP contribution in [0, 0.1) is 12.7 Å². The highest BCUT2D eigenvalue weighted by Crippen LogP contribution is 2.18. The molecule has 1 unspecified atom stereocenters. The van der Waals surface area contributed by atoms with Gasteiger partial charge >= 0.3 is 0 Å². The fourth-order valence-corrected chi connectivity index (χ4v) is 2.19. The summed E-state index contributed by atoms with van der Waals surface area (Å²) in [5.74, 6) is 0.791. The summed E-state index contributed by atoms with van der Waals surface area (Å²) >= 11 is 0. The quantitative estimate of drug-likeness (QED) is 0.899. The summed E-state index contributed by atoms with van der Waals surface area (Å²) in [6.45, 7) is 4.83. The lowest BCUT2D eigenvalue weighted by Gasteiger charge is -2.14. The Labute approximate surface area is 113 Å². The van der Waals surface area contributed by atoms with Gasteiger partial charge in [0.25, 0.3) is 0 Å². The van der Waals surface area contributed by atoms with Crippen LogP contribution in [0.1, 0.15) is 36.3 Å². The van der Waals surface area contributed by atoms with Crippen LogP contribution >= 0.6 is 0 Å². The van der Waals surface area contributed by atoms with Gasteiger partial charge in [0.1, 0.15) is 11.6 Å². The summed E-state index contributed by atoms with van der Waals surface area (Å²) in [6.07, 6.45) is 5.50. The second kappa shape index (κ2) is 5.97. The molecule has 2 N–H and O–H groups in total. The number of imidazole rings is 1. The largest absolute Gasteiger partial charge is 0.335 e. The molecule has 3 nitrogen and oxygen atoms in total. The average molecular weight is 261 g/mol. The van der Waals surface area contributed by atoms with Gasteiger partial charge in [0.05, 0.1) is 0 Å². The standard InChI is InChI=1S/C15H20FN3/c1-3-7-19-8-6-18-15(19)10-14(17)12-4-5-13(16)11(2)9-12/h4-6,8-9,14H,3,7,10,17H2,1-2H3. The van der Waals surface area contributed by atoms with E-state index in [1.165, 1.54) is 6.07 Å². The smallest absolute Gasteiger partial charge is 0.126 e. The van der Waals surface area contributed by atoms with Crippen LogP contribution in [0.3, 0.4) is 0 Å². The van der Waals surface area contributed by atoms with Crippen molar-refractivity contribution in [3.8, 4) is 0 Å². The molecule has 0 radical (unpaired) electrons. The number of nitrogens with zero attached hydrogens (tertiary/aromatic N) is 2. The molecule has 0 saturated carbocycles. The van der Waals surface area contributed by atoms with Gasteiger partial charge in [-0.05, 0) is 30.5 Å². The van der Waals surface area contributed by atoms with Crippen molar-refractivity contribution in [2.45, 2.75) is 39.3 Å². The Morgan fingerprint density at radius 2 is 2.21 bits per heavy atom. The van der Waals surface area contributed by atoms with E-state index in [-0.39, 0.29) is 11.9 Å². The Kier molecular flexibility index (Phi) is 4.32. The van der Waals surface area contributed by atoms with E-state index < -0.39 is 0 Å². The summed E-state index contributed by atoms with van der Waals surface area (Å²) in [5, 5.41) is 0. The molecule has 1 aromatic heterocycles. The molecular weight excluding hydrogens is 241 g/mol. The van der Waals surface area contributed by atoms with Crippen LogP contribution in [0.5, 0.6) is 0 Å². The van der Waals surface area contributed by atoms with Gasteiger partial charge < -0.3 is 10.3 Å². The number of hydrogen-bond donors (Lipinski definition) is 1. The van der Waals surface area contributed by atoms with Gasteiger partial charge in [0, 0.05) is 31.4 Å². The third kappa shape index (κ3) is 3.20. The zero-order chi connectivity index (χ0) is 13.8. The predicted octanol–water partition coefficient (Wildman–Crippen LogP) is 2.98. The number of aromatic nitrogens is 2. The SMILES string of the molecule is CCCn1ccnc1CC(N)c1ccc(F)c(C)c1. The first-order valence-electron chi connectivity index (χ1n) is 6.63. The maximum absolute atomic E-state index is 13.2. The van der Waals surface area contributed by atoms with E-state index in [1.807, 2.05) is 12.3 Å². The first kappa shape index (κ1) is 13.7. The molecule has 0 aliphatic rings. The van der Waals surface area contributed by atoms with Gasteiger partial charge in [-0.15, -0.1) is 0 Å². The molecule has 1 aromatic carbocycles. The minimum Gasteiger partial charge on any atom is -0.335 e. The fraction of sp³-hybridized carbons (Fsp3) is 0.400. The maximum atomic E-state index is 13.2. The molecule has 0 spiro atoms. The predicted molar refractivity (Wildman–Crippen MR) is 74.3 cm³/mol. The van der Waals surface area contributed by atoms with Crippen molar-refractivity contribution in [3.63, 3.8) is 0 Å². The van der Waals surface area contributed by atoms with Crippen LogP contribution in [-0.2, 0) is 13.0 Å². The van der Waals surface area contributed by atoms with Crippen molar-refractivity contribution in [1.29, 1.82) is 0 Å². The van der Waals surface area contributed by atoms with Gasteiger partial charge in [0.15, 0.2) is 0 Å². The van der Waals surface area contributed by atoms with Crippen LogP contribution in [0.25, 0.3) is 0 Å². The molecule has 19 heavy (non-hydrogen) atoms. The summed E-state index contributed by atoms with van der Waals surface area (Å²) in [5.41, 5.74) is 7.77. The van der Waals surface area contributed by atoms with Gasteiger partial charge in [-0.1, -0.05) is 19.1 Å². The Bertz CT molecular complexity index is 548. The molecular formula is C15H20FN3. The number of aryl methyl sites for hydroxylation is 2. The number of halogens is 1. The third-order valence-corrected chi connectivity index (χ3v) is 3.28. The van der Waals surface area contributed by atoms with E-state index in [9.17, 15) is 4.39 Å². The van der Waals surface area contributed by atoms with Crippen LogP contribution in [-0.4, -0.2) is 9.55 Å². The molecule has 0 aliphatic heterocycles. The molecule has 2 aromatic rings. The molecule has 0 saturated heterocycles. The average Bonchev–Trinajstić information content (AvgIpc) is 2.80. The third-order valence-electron chi connectivity index (χ3n) is 3.28. The van der Waals surface area contributed by atoms with Crippen LogP contribution < -0.4 is 5.73 Å². The lowest BCUT2D eigenvalue weighted by atomic mass is 10.0. The second-order valence-electron chi connectivity index (χ2n) is 4.86. The molecule has 0 amide bonds. The van der Waals surface area contributed by atoms with Gasteiger partial charge in [-0.2, -0.15) is 0 Å². The van der Waals surface area contributed by atoms with Crippen LogP contribution in [0.4, 0.5) is 4.39 Å². The minimum absolute atomic E-state index is 0.155. The van der Waals surface area contributed by atoms with E-state index in [1.54, 1.807) is 19.2 Å². The van der Waals surface area contributed by atoms with E-state index in [4.69, 9.17) is 5.73 Å². The van der Waals surface area contributed by atoms with E-state index in [0.717, 1.165) is 24.4 Å². The number of nitrogens with two attached hydrogens (primary N) is 1. The molecule has 102 valence electrons. The first-order chi connectivity index (χ1) is 9.11. The molecule has 0 aliphatic carbocycles. The second-order valence-corrected chi connectivity index (χ2v) is 4.86. The van der Waals surface area contributed by atoms with Crippen molar-refractivity contribution in [2.24, 2.45) is 5.73 Å². The summed E-state index contributed by atoms with van der Waals surface area (Å²) in [7, 11) is 0. The topological polar surface area (TPSA) is 43.8 Å². The number of rotatable bonds is 5. The van der Waals surface area contributed by atoms with Crippen molar-refractivity contribution in [1.82, 2.24) is 9.55 Å². The number of benzene rings is 1. The lowest BCUT2D eigenvalue weighted by Crippen LogP contribution is -2.16. The highest BCUT2D eigenvalue weighted by atomic mass is 19.1. The zero-order valence-corrected chi connectivity index (χ0v) is 11.4. The summed E-state index contributed by atoms with van der Waals surface area (Å²) in [4.78, 5) is 4.35. The maximum Gasteiger partial charge on any atom is 0.126 e. The van der Waals surface area contributed by atoms with Gasteiger partial charge in [-0.25, -0.2) is 9.37 Å². The van der Waals surface area contributed by atoms with Crippen molar-refractivity contribution in [3.05, 3.63) is 53.4 Å². The van der Waals surface area contributed by atoms with Crippen molar-refractivity contribution in [2.75, 3.05) is 0 Å². The van der Waals surface area contributed by atoms with Crippen LogP contribution in [0.15, 0.2) is 30.6 Å². The fourth-order valence-electron chi connectivity index (χ4n) is 2.19. The summed E-state index contributed by atoms with van der Waals surface area (Å²) in [6, 6.07) is 4.88. The number of hydrogen-bond acceptors (Lipinski definition) is 2. The monoisotopic (exact) mass is 261 g/mol. The molecule has 1 atom stereocenters.